The van der Waals surface area contributed by atoms with Crippen molar-refractivity contribution < 1.29 is 8.42 Å². The monoisotopic (exact) mass is 420 g/mol. The maximum absolute atomic E-state index is 12.1. The Bertz CT molecular complexity index is 1070. The smallest absolute Gasteiger partial charge is 0.213 e. The van der Waals surface area contributed by atoms with E-state index in [2.05, 4.69) is 34.5 Å². The van der Waals surface area contributed by atoms with Gasteiger partial charge in [-0.25, -0.2) is 12.7 Å². The van der Waals surface area contributed by atoms with Crippen LogP contribution in [0.2, 0.25) is 0 Å². The van der Waals surface area contributed by atoms with E-state index >= 15 is 0 Å². The van der Waals surface area contributed by atoms with Crippen molar-refractivity contribution in [2.45, 2.75) is 32.2 Å². The molecule has 0 radical (unpaired) electrons. The minimum absolute atomic E-state index is 0.172. The van der Waals surface area contributed by atoms with Crippen molar-refractivity contribution in [2.75, 3.05) is 24.7 Å². The third-order valence-electron chi connectivity index (χ3n) is 5.65. The van der Waals surface area contributed by atoms with Crippen LogP contribution in [0.3, 0.4) is 0 Å². The first-order valence-electron chi connectivity index (χ1n) is 9.69. The van der Waals surface area contributed by atoms with E-state index in [-0.39, 0.29) is 5.75 Å². The van der Waals surface area contributed by atoms with Gasteiger partial charge < -0.3 is 4.98 Å². The molecule has 4 rings (SSSR count). The first-order chi connectivity index (χ1) is 13.5. The van der Waals surface area contributed by atoms with Crippen LogP contribution in [0, 0.1) is 0 Å². The average molecular weight is 421 g/mol. The Morgan fingerprint density at radius 1 is 1.25 bits per heavy atom. The molecule has 0 bridgehead atoms. The number of sulfonamides is 1. The van der Waals surface area contributed by atoms with Crippen LogP contribution in [0.1, 0.15) is 31.2 Å². The van der Waals surface area contributed by atoms with Crippen molar-refractivity contribution in [3.63, 3.8) is 0 Å². The molecule has 0 unspecified atom stereocenters. The van der Waals surface area contributed by atoms with Gasteiger partial charge in [0, 0.05) is 47.8 Å². The molecule has 1 aliphatic heterocycles. The molecule has 0 aliphatic carbocycles. The van der Waals surface area contributed by atoms with Crippen LogP contribution in [-0.2, 0) is 16.6 Å². The van der Waals surface area contributed by atoms with Gasteiger partial charge in [-0.1, -0.05) is 6.07 Å². The highest BCUT2D eigenvalue weighted by Gasteiger charge is 2.28. The number of aryl methyl sites for hydroxylation is 1. The Kier molecular flexibility index (Phi) is 5.49. The number of benzene rings is 1. The van der Waals surface area contributed by atoms with Crippen molar-refractivity contribution in [3.8, 4) is 11.1 Å². The van der Waals surface area contributed by atoms with E-state index in [9.17, 15) is 8.42 Å². The Balaban J connectivity index is 1.58. The summed E-state index contributed by atoms with van der Waals surface area (Å²) in [6, 6.07) is 6.41. The molecular formula is C20H25ClN4O2S. The Hall–Kier alpha value is -1.83. The lowest BCUT2D eigenvalue weighted by molar-refractivity contribution is 0.321. The molecule has 1 aromatic carbocycles. The summed E-state index contributed by atoms with van der Waals surface area (Å²) >= 11 is 5.80. The van der Waals surface area contributed by atoms with Crippen molar-refractivity contribution in [2.24, 2.45) is 0 Å². The van der Waals surface area contributed by atoms with Gasteiger partial charge in [0.2, 0.25) is 10.0 Å². The number of halogens is 1. The number of H-pyrrole nitrogens is 1. The first kappa shape index (κ1) is 19.5. The second-order valence-electron chi connectivity index (χ2n) is 7.26. The number of nitrogens with zero attached hydrogens (tertiary/aromatic N) is 3. The fraction of sp³-hybridized carbons (Fsp3) is 0.450. The molecule has 1 aliphatic rings. The van der Waals surface area contributed by atoms with Crippen LogP contribution < -0.4 is 0 Å². The molecule has 0 saturated carbocycles. The summed E-state index contributed by atoms with van der Waals surface area (Å²) in [6.07, 6.45) is 7.67. The summed E-state index contributed by atoms with van der Waals surface area (Å²) in [7, 11) is -3.09. The van der Waals surface area contributed by atoms with Gasteiger partial charge in [-0.2, -0.15) is 5.10 Å². The maximum atomic E-state index is 12.1. The number of piperidine rings is 1. The molecule has 0 spiro atoms. The molecule has 1 N–H and O–H groups in total. The van der Waals surface area contributed by atoms with Crippen LogP contribution in [0.5, 0.6) is 0 Å². The summed E-state index contributed by atoms with van der Waals surface area (Å²) in [4.78, 5) is 3.37. The van der Waals surface area contributed by atoms with E-state index in [1.165, 1.54) is 10.9 Å². The van der Waals surface area contributed by atoms with Gasteiger partial charge in [0.15, 0.2) is 0 Å². The fourth-order valence-electron chi connectivity index (χ4n) is 4.01. The van der Waals surface area contributed by atoms with Crippen molar-refractivity contribution in [3.05, 3.63) is 42.4 Å². The highest BCUT2D eigenvalue weighted by molar-refractivity contribution is 7.89. The Labute approximate surface area is 170 Å². The summed E-state index contributed by atoms with van der Waals surface area (Å²) < 4.78 is 27.7. The summed E-state index contributed by atoms with van der Waals surface area (Å²) in [6.45, 7) is 3.59. The van der Waals surface area contributed by atoms with Gasteiger partial charge in [0.05, 0.1) is 18.5 Å². The molecule has 8 heteroatoms. The SMILES string of the molecule is CCS(=O)(=O)N1CCC(c2c[nH]c3ccc(-c4cnn(CCCl)c4)cc23)CC1. The van der Waals surface area contributed by atoms with Gasteiger partial charge in [-0.3, -0.25) is 4.68 Å². The zero-order chi connectivity index (χ0) is 19.7. The minimum atomic E-state index is -3.09. The summed E-state index contributed by atoms with van der Waals surface area (Å²) in [5.41, 5.74) is 4.58. The van der Waals surface area contributed by atoms with E-state index in [1.807, 2.05) is 17.1 Å². The van der Waals surface area contributed by atoms with Crippen LogP contribution in [0.25, 0.3) is 22.0 Å². The van der Waals surface area contributed by atoms with E-state index in [1.54, 1.807) is 11.2 Å². The number of hydrogen-bond acceptors (Lipinski definition) is 3. The quantitative estimate of drug-likeness (QED) is 0.616. The molecule has 0 amide bonds. The molecule has 3 aromatic rings. The number of aromatic nitrogens is 3. The second kappa shape index (κ2) is 7.89. The second-order valence-corrected chi connectivity index (χ2v) is 9.89. The highest BCUT2D eigenvalue weighted by Crippen LogP contribution is 2.35. The molecule has 2 aromatic heterocycles. The summed E-state index contributed by atoms with van der Waals surface area (Å²) in [5.74, 6) is 1.08. The fourth-order valence-corrected chi connectivity index (χ4v) is 5.31. The standard InChI is InChI=1S/C20H25ClN4O2S/c1-2-28(26,27)25-8-5-15(6-9-25)19-13-22-20-4-3-16(11-18(19)20)17-12-23-24(14-17)10-7-21/h3-4,11-15,22H,2,5-10H2,1H3. The molecule has 1 fully saturated rings. The number of aromatic amines is 1. The van der Waals surface area contributed by atoms with Crippen molar-refractivity contribution in [1.29, 1.82) is 0 Å². The van der Waals surface area contributed by atoms with Crippen molar-refractivity contribution >= 4 is 32.5 Å². The third kappa shape index (κ3) is 3.71. The first-order valence-corrected chi connectivity index (χ1v) is 11.8. The van der Waals surface area contributed by atoms with Gasteiger partial charge in [-0.15, -0.1) is 11.6 Å². The Morgan fingerprint density at radius 2 is 2.04 bits per heavy atom. The van der Waals surface area contributed by atoms with E-state index < -0.39 is 10.0 Å². The molecule has 28 heavy (non-hydrogen) atoms. The van der Waals surface area contributed by atoms with E-state index in [4.69, 9.17) is 11.6 Å². The van der Waals surface area contributed by atoms with Gasteiger partial charge >= 0.3 is 0 Å². The molecule has 6 nitrogen and oxygen atoms in total. The topological polar surface area (TPSA) is 71.0 Å². The highest BCUT2D eigenvalue weighted by atomic mass is 35.5. The maximum Gasteiger partial charge on any atom is 0.213 e. The normalized spacial score (nSPS) is 16.8. The number of nitrogens with one attached hydrogen (secondary N) is 1. The van der Waals surface area contributed by atoms with E-state index in [0.29, 0.717) is 31.4 Å². The third-order valence-corrected chi connectivity index (χ3v) is 7.70. The van der Waals surface area contributed by atoms with Crippen LogP contribution in [0.4, 0.5) is 0 Å². The van der Waals surface area contributed by atoms with Crippen LogP contribution >= 0.6 is 11.6 Å². The zero-order valence-electron chi connectivity index (χ0n) is 15.9. The largest absolute Gasteiger partial charge is 0.361 e. The zero-order valence-corrected chi connectivity index (χ0v) is 17.5. The van der Waals surface area contributed by atoms with Crippen LogP contribution in [-0.4, -0.2) is 52.2 Å². The van der Waals surface area contributed by atoms with Gasteiger partial charge in [-0.05, 0) is 48.9 Å². The molecule has 0 atom stereocenters. The molecule has 150 valence electrons. The van der Waals surface area contributed by atoms with Gasteiger partial charge in [0.1, 0.15) is 0 Å². The average Bonchev–Trinajstić information content (AvgIpc) is 3.35. The number of fused-ring (bicyclic) bond motifs is 1. The van der Waals surface area contributed by atoms with Crippen LogP contribution in [0.15, 0.2) is 36.8 Å². The predicted molar refractivity (Wildman–Crippen MR) is 113 cm³/mol. The number of hydrogen-bond donors (Lipinski definition) is 1. The number of alkyl halides is 1. The minimum Gasteiger partial charge on any atom is -0.361 e. The summed E-state index contributed by atoms with van der Waals surface area (Å²) in [5, 5.41) is 5.57. The van der Waals surface area contributed by atoms with E-state index in [0.717, 1.165) is 29.5 Å². The molecule has 1 saturated heterocycles. The predicted octanol–water partition coefficient (Wildman–Crippen LogP) is 3.80. The van der Waals surface area contributed by atoms with Crippen molar-refractivity contribution in [1.82, 2.24) is 19.1 Å². The lowest BCUT2D eigenvalue weighted by Crippen LogP contribution is -2.38. The molecule has 3 heterocycles. The van der Waals surface area contributed by atoms with Gasteiger partial charge in [0.25, 0.3) is 0 Å². The number of rotatable bonds is 6. The lowest BCUT2D eigenvalue weighted by atomic mass is 9.89. The lowest BCUT2D eigenvalue weighted by Gasteiger charge is -2.30. The Morgan fingerprint density at radius 3 is 2.75 bits per heavy atom. The molecular weight excluding hydrogens is 396 g/mol.